The molecule has 10 heavy (non-hydrogen) atoms. The highest BCUT2D eigenvalue weighted by Crippen LogP contribution is 2.45. The van der Waals surface area contributed by atoms with Gasteiger partial charge in [-0.3, -0.25) is 4.90 Å². The number of rotatable bonds is 1. The van der Waals surface area contributed by atoms with Crippen LogP contribution in [0.4, 0.5) is 0 Å². The van der Waals surface area contributed by atoms with Crippen LogP contribution in [0.15, 0.2) is 0 Å². The van der Waals surface area contributed by atoms with Crippen LogP contribution in [0.25, 0.3) is 0 Å². The predicted molar refractivity (Wildman–Crippen MR) is 40.9 cm³/mol. The lowest BCUT2D eigenvalue weighted by Gasteiger charge is -2.49. The van der Waals surface area contributed by atoms with Gasteiger partial charge in [-0.25, -0.2) is 0 Å². The van der Waals surface area contributed by atoms with Crippen molar-refractivity contribution in [1.82, 2.24) is 4.90 Å². The maximum atomic E-state index is 2.81. The van der Waals surface area contributed by atoms with Crippen LogP contribution in [0, 0.1) is 0 Å². The molecule has 0 radical (unpaired) electrons. The molecule has 4 fully saturated rings. The van der Waals surface area contributed by atoms with Crippen LogP contribution in [0.3, 0.4) is 0 Å². The quantitative estimate of drug-likeness (QED) is 0.532. The van der Waals surface area contributed by atoms with Crippen LogP contribution in [-0.4, -0.2) is 23.0 Å². The number of hydrogen-bond donors (Lipinski definition) is 0. The summed E-state index contributed by atoms with van der Waals surface area (Å²) >= 11 is 0. The molecule has 0 aromatic rings. The number of nitrogens with zero attached hydrogens (tertiary/aromatic N) is 1. The van der Waals surface area contributed by atoms with E-state index in [4.69, 9.17) is 0 Å². The van der Waals surface area contributed by atoms with E-state index in [1.807, 2.05) is 0 Å². The molecule has 56 valence electrons. The molecule has 2 unspecified atom stereocenters. The molecule has 1 heteroatoms. The smallest absolute Gasteiger partial charge is 0.0117 e. The molecular weight excluding hydrogens is 122 g/mol. The molecule has 2 saturated carbocycles. The van der Waals surface area contributed by atoms with E-state index in [0.717, 1.165) is 18.1 Å². The van der Waals surface area contributed by atoms with Gasteiger partial charge >= 0.3 is 0 Å². The summed E-state index contributed by atoms with van der Waals surface area (Å²) in [5, 5.41) is 0. The summed E-state index contributed by atoms with van der Waals surface area (Å²) in [4.78, 5) is 2.81. The van der Waals surface area contributed by atoms with Crippen LogP contribution < -0.4 is 0 Å². The second-order valence-corrected chi connectivity index (χ2v) is 4.15. The number of hydrogen-bond acceptors (Lipinski definition) is 1. The minimum Gasteiger partial charge on any atom is -0.294 e. The van der Waals surface area contributed by atoms with Gasteiger partial charge in [0.05, 0.1) is 0 Å². The summed E-state index contributed by atoms with van der Waals surface area (Å²) in [6, 6.07) is 3.11. The van der Waals surface area contributed by atoms with Gasteiger partial charge < -0.3 is 0 Å². The van der Waals surface area contributed by atoms with E-state index in [1.54, 1.807) is 0 Å². The Morgan fingerprint density at radius 3 is 1.90 bits per heavy atom. The fourth-order valence-corrected chi connectivity index (χ4v) is 2.92. The molecule has 0 aromatic carbocycles. The van der Waals surface area contributed by atoms with Crippen LogP contribution in [0.1, 0.15) is 38.5 Å². The maximum Gasteiger partial charge on any atom is 0.0117 e. The molecule has 2 atom stereocenters. The van der Waals surface area contributed by atoms with Crippen LogP contribution >= 0.6 is 0 Å². The second-order valence-electron chi connectivity index (χ2n) is 4.15. The van der Waals surface area contributed by atoms with E-state index in [-0.39, 0.29) is 0 Å². The zero-order chi connectivity index (χ0) is 6.55. The number of fused-ring (bicyclic) bond motifs is 1. The van der Waals surface area contributed by atoms with Crippen LogP contribution in [0.2, 0.25) is 0 Å². The van der Waals surface area contributed by atoms with Gasteiger partial charge in [0.25, 0.3) is 0 Å². The van der Waals surface area contributed by atoms with Crippen molar-refractivity contribution in [2.24, 2.45) is 0 Å². The topological polar surface area (TPSA) is 3.24 Å². The zero-order valence-corrected chi connectivity index (χ0v) is 6.42. The fourth-order valence-electron chi connectivity index (χ4n) is 2.92. The Kier molecular flexibility index (Phi) is 0.984. The van der Waals surface area contributed by atoms with Crippen LogP contribution in [-0.2, 0) is 0 Å². The lowest BCUT2D eigenvalue weighted by atomic mass is 9.86. The summed E-state index contributed by atoms with van der Waals surface area (Å²) in [5.74, 6) is 0. The molecule has 2 bridgehead atoms. The van der Waals surface area contributed by atoms with E-state index >= 15 is 0 Å². The molecule has 0 N–H and O–H groups in total. The molecule has 2 aliphatic heterocycles. The maximum absolute atomic E-state index is 2.81. The summed E-state index contributed by atoms with van der Waals surface area (Å²) in [5.41, 5.74) is 0. The first-order valence-electron chi connectivity index (χ1n) is 4.72. The Labute approximate surface area is 62.4 Å². The van der Waals surface area contributed by atoms with Crippen molar-refractivity contribution in [3.05, 3.63) is 0 Å². The molecule has 1 nitrogen and oxygen atoms in total. The van der Waals surface area contributed by atoms with Gasteiger partial charge in [-0.05, 0) is 32.1 Å². The third kappa shape index (κ3) is 0.531. The molecule has 4 aliphatic rings. The lowest BCUT2D eigenvalue weighted by Crippen LogP contribution is -2.56. The average molecular weight is 137 g/mol. The van der Waals surface area contributed by atoms with Crippen molar-refractivity contribution in [1.29, 1.82) is 0 Å². The third-order valence-corrected chi connectivity index (χ3v) is 3.72. The van der Waals surface area contributed by atoms with Gasteiger partial charge in [-0.2, -0.15) is 0 Å². The second kappa shape index (κ2) is 1.76. The minimum absolute atomic E-state index is 1.03. The van der Waals surface area contributed by atoms with Crippen molar-refractivity contribution in [3.63, 3.8) is 0 Å². The fraction of sp³-hybridized carbons (Fsp3) is 1.00. The van der Waals surface area contributed by atoms with Crippen LogP contribution in [0.5, 0.6) is 0 Å². The van der Waals surface area contributed by atoms with E-state index in [9.17, 15) is 0 Å². The average Bonchev–Trinajstić information content (AvgIpc) is 2.33. The summed E-state index contributed by atoms with van der Waals surface area (Å²) in [6.45, 7) is 0. The van der Waals surface area contributed by atoms with Gasteiger partial charge in [0.2, 0.25) is 0 Å². The Hall–Kier alpha value is -0.0400. The Morgan fingerprint density at radius 1 is 0.800 bits per heavy atom. The highest BCUT2D eigenvalue weighted by atomic mass is 15.3. The van der Waals surface area contributed by atoms with E-state index in [2.05, 4.69) is 4.90 Å². The molecule has 2 saturated heterocycles. The molecule has 4 rings (SSSR count). The van der Waals surface area contributed by atoms with Crippen molar-refractivity contribution in [2.75, 3.05) is 0 Å². The lowest BCUT2D eigenvalue weighted by molar-refractivity contribution is -0.00493. The Balaban J connectivity index is 1.72. The largest absolute Gasteiger partial charge is 0.294 e. The standard InChI is InChI=1S/C9H15N/c1-2-7(3-1)10-8-4-5-9(10)6-8/h7-9H,1-6H2. The first-order valence-corrected chi connectivity index (χ1v) is 4.72. The van der Waals surface area contributed by atoms with Gasteiger partial charge in [0, 0.05) is 18.1 Å². The molecule has 2 aliphatic carbocycles. The van der Waals surface area contributed by atoms with E-state index in [1.165, 1.54) is 38.5 Å². The first kappa shape index (κ1) is 5.59. The SMILES string of the molecule is C1CC(N2C3CCC2C3)C1. The third-order valence-electron chi connectivity index (χ3n) is 3.72. The van der Waals surface area contributed by atoms with Gasteiger partial charge in [0.1, 0.15) is 0 Å². The first-order chi connectivity index (χ1) is 4.95. The summed E-state index contributed by atoms with van der Waals surface area (Å²) in [7, 11) is 0. The monoisotopic (exact) mass is 137 g/mol. The predicted octanol–water partition coefficient (Wildman–Crippen LogP) is 1.78. The summed E-state index contributed by atoms with van der Waals surface area (Å²) in [6.07, 6.45) is 9.08. The van der Waals surface area contributed by atoms with E-state index in [0.29, 0.717) is 0 Å². The molecular formula is C9H15N. The molecule has 0 spiro atoms. The Bertz CT molecular complexity index is 137. The molecule has 0 amide bonds. The van der Waals surface area contributed by atoms with Crippen molar-refractivity contribution < 1.29 is 0 Å². The van der Waals surface area contributed by atoms with E-state index < -0.39 is 0 Å². The van der Waals surface area contributed by atoms with Crippen molar-refractivity contribution in [3.8, 4) is 0 Å². The normalized spacial score (nSPS) is 46.8. The van der Waals surface area contributed by atoms with Crippen molar-refractivity contribution in [2.45, 2.75) is 56.7 Å². The molecule has 2 heterocycles. The summed E-state index contributed by atoms with van der Waals surface area (Å²) < 4.78 is 0. The van der Waals surface area contributed by atoms with Gasteiger partial charge in [-0.1, -0.05) is 6.42 Å². The van der Waals surface area contributed by atoms with Gasteiger partial charge in [0.15, 0.2) is 0 Å². The zero-order valence-electron chi connectivity index (χ0n) is 6.42. The highest BCUT2D eigenvalue weighted by Gasteiger charge is 2.48. The van der Waals surface area contributed by atoms with Gasteiger partial charge in [-0.15, -0.1) is 0 Å². The van der Waals surface area contributed by atoms with Crippen molar-refractivity contribution >= 4 is 0 Å². The highest BCUT2D eigenvalue weighted by molar-refractivity contribution is 5.04. The molecule has 0 aromatic heterocycles. The Morgan fingerprint density at radius 2 is 1.50 bits per heavy atom. The minimum atomic E-state index is 1.03.